The molecule has 0 radical (unpaired) electrons. The maximum absolute atomic E-state index is 12.8. The Bertz CT molecular complexity index is 652. The summed E-state index contributed by atoms with van der Waals surface area (Å²) >= 11 is 0. The van der Waals surface area contributed by atoms with Gasteiger partial charge in [-0.05, 0) is 48.9 Å². The minimum atomic E-state index is -3.40. The summed E-state index contributed by atoms with van der Waals surface area (Å²) < 4.78 is 27.2. The molecule has 0 amide bonds. The first-order valence-corrected chi connectivity index (χ1v) is 9.97. The van der Waals surface area contributed by atoms with Crippen molar-refractivity contribution in [1.29, 1.82) is 0 Å². The lowest BCUT2D eigenvalue weighted by Crippen LogP contribution is -2.50. The minimum Gasteiger partial charge on any atom is -0.392 e. The highest BCUT2D eigenvalue weighted by Gasteiger charge is 2.29. The predicted molar refractivity (Wildman–Crippen MR) is 90.0 cm³/mol. The van der Waals surface area contributed by atoms with Crippen molar-refractivity contribution in [2.45, 2.75) is 43.6 Å². The molecular weight excluding hydrogens is 312 g/mol. The summed E-state index contributed by atoms with van der Waals surface area (Å²) in [7, 11) is -3.40. The van der Waals surface area contributed by atoms with Crippen molar-refractivity contribution in [1.82, 2.24) is 9.21 Å². The van der Waals surface area contributed by atoms with Gasteiger partial charge in [0.1, 0.15) is 0 Å². The van der Waals surface area contributed by atoms with E-state index in [-0.39, 0.29) is 6.10 Å². The van der Waals surface area contributed by atoms with Crippen LogP contribution in [0.5, 0.6) is 0 Å². The molecule has 0 aromatic heterocycles. The molecule has 128 valence electrons. The fourth-order valence-electron chi connectivity index (χ4n) is 3.44. The second-order valence-corrected chi connectivity index (χ2v) is 8.49. The van der Waals surface area contributed by atoms with Crippen LogP contribution < -0.4 is 0 Å². The number of rotatable bonds is 5. The summed E-state index contributed by atoms with van der Waals surface area (Å²) in [5.74, 6) is 0. The number of aliphatic hydroxyl groups excluding tert-OH is 1. The van der Waals surface area contributed by atoms with E-state index in [4.69, 9.17) is 0 Å². The smallest absolute Gasteiger partial charge is 0.243 e. The fourth-order valence-corrected chi connectivity index (χ4v) is 4.91. The SMILES string of the molecule is CCC(O)CN1CCN(S(=O)(=O)c2ccc3c(c2)CCC3)CC1. The first-order chi connectivity index (χ1) is 11.0. The van der Waals surface area contributed by atoms with Crippen LogP contribution in [0.2, 0.25) is 0 Å². The first-order valence-electron chi connectivity index (χ1n) is 8.53. The Hall–Kier alpha value is -0.950. The van der Waals surface area contributed by atoms with E-state index in [9.17, 15) is 13.5 Å². The second-order valence-electron chi connectivity index (χ2n) is 6.55. The van der Waals surface area contributed by atoms with Gasteiger partial charge in [-0.3, -0.25) is 4.90 Å². The van der Waals surface area contributed by atoms with Crippen molar-refractivity contribution >= 4 is 10.0 Å². The molecule has 1 aromatic carbocycles. The average Bonchev–Trinajstić information content (AvgIpc) is 3.02. The van der Waals surface area contributed by atoms with Crippen molar-refractivity contribution in [2.24, 2.45) is 0 Å². The number of hydrogen-bond acceptors (Lipinski definition) is 4. The van der Waals surface area contributed by atoms with Crippen LogP contribution >= 0.6 is 0 Å². The highest BCUT2D eigenvalue weighted by atomic mass is 32.2. The number of sulfonamides is 1. The maximum Gasteiger partial charge on any atom is 0.243 e. The van der Waals surface area contributed by atoms with Gasteiger partial charge in [0.2, 0.25) is 10.0 Å². The van der Waals surface area contributed by atoms with E-state index < -0.39 is 10.0 Å². The van der Waals surface area contributed by atoms with Crippen LogP contribution in [0.1, 0.15) is 30.9 Å². The summed E-state index contributed by atoms with van der Waals surface area (Å²) in [5, 5.41) is 9.73. The van der Waals surface area contributed by atoms with Gasteiger partial charge in [-0.1, -0.05) is 13.0 Å². The van der Waals surface area contributed by atoms with Gasteiger partial charge in [0.25, 0.3) is 0 Å². The number of piperazine rings is 1. The molecule has 3 rings (SSSR count). The highest BCUT2D eigenvalue weighted by molar-refractivity contribution is 7.89. The lowest BCUT2D eigenvalue weighted by molar-refractivity contribution is 0.0896. The molecule has 1 aliphatic heterocycles. The number of aryl methyl sites for hydroxylation is 2. The molecule has 1 saturated heterocycles. The Morgan fingerprint density at radius 1 is 1.13 bits per heavy atom. The average molecular weight is 338 g/mol. The van der Waals surface area contributed by atoms with Crippen LogP contribution in [-0.4, -0.2) is 61.6 Å². The normalized spacial score (nSPS) is 21.3. The zero-order valence-corrected chi connectivity index (χ0v) is 14.6. The summed E-state index contributed by atoms with van der Waals surface area (Å²) in [6, 6.07) is 5.60. The van der Waals surface area contributed by atoms with E-state index in [0.717, 1.165) is 25.7 Å². The van der Waals surface area contributed by atoms with Crippen LogP contribution in [0, 0.1) is 0 Å². The summed E-state index contributed by atoms with van der Waals surface area (Å²) in [6.45, 7) is 4.94. The van der Waals surface area contributed by atoms with Gasteiger partial charge in [-0.2, -0.15) is 4.31 Å². The predicted octanol–water partition coefficient (Wildman–Crippen LogP) is 1.25. The van der Waals surface area contributed by atoms with Crippen LogP contribution in [0.3, 0.4) is 0 Å². The molecule has 2 aliphatic rings. The molecular formula is C17H26N2O3S. The van der Waals surface area contributed by atoms with Crippen molar-refractivity contribution in [2.75, 3.05) is 32.7 Å². The molecule has 1 fully saturated rings. The van der Waals surface area contributed by atoms with Crippen LogP contribution in [0.15, 0.2) is 23.1 Å². The van der Waals surface area contributed by atoms with Gasteiger partial charge in [0, 0.05) is 32.7 Å². The van der Waals surface area contributed by atoms with Gasteiger partial charge in [0.15, 0.2) is 0 Å². The monoisotopic (exact) mass is 338 g/mol. The van der Waals surface area contributed by atoms with Crippen molar-refractivity contribution < 1.29 is 13.5 Å². The molecule has 0 saturated carbocycles. The fraction of sp³-hybridized carbons (Fsp3) is 0.647. The van der Waals surface area contributed by atoms with E-state index in [2.05, 4.69) is 4.90 Å². The third kappa shape index (κ3) is 3.60. The van der Waals surface area contributed by atoms with Crippen LogP contribution in [-0.2, 0) is 22.9 Å². The number of nitrogens with zero attached hydrogens (tertiary/aromatic N) is 2. The molecule has 5 nitrogen and oxygen atoms in total. The van der Waals surface area contributed by atoms with Gasteiger partial charge >= 0.3 is 0 Å². The first kappa shape index (κ1) is 16.9. The Balaban J connectivity index is 1.67. The quantitative estimate of drug-likeness (QED) is 0.878. The Morgan fingerprint density at radius 2 is 1.83 bits per heavy atom. The summed E-state index contributed by atoms with van der Waals surface area (Å²) in [6.07, 6.45) is 3.58. The van der Waals surface area contributed by atoms with Gasteiger partial charge in [-0.15, -0.1) is 0 Å². The van der Waals surface area contributed by atoms with Crippen molar-refractivity contribution in [3.63, 3.8) is 0 Å². The van der Waals surface area contributed by atoms with Crippen molar-refractivity contribution in [3.8, 4) is 0 Å². The van der Waals surface area contributed by atoms with Crippen LogP contribution in [0.4, 0.5) is 0 Å². The molecule has 1 aromatic rings. The zero-order chi connectivity index (χ0) is 16.4. The Kier molecular flexibility index (Phi) is 5.06. The molecule has 6 heteroatoms. The number of fused-ring (bicyclic) bond motifs is 1. The van der Waals surface area contributed by atoms with E-state index >= 15 is 0 Å². The second kappa shape index (κ2) is 6.89. The van der Waals surface area contributed by atoms with E-state index in [1.54, 1.807) is 10.4 Å². The lowest BCUT2D eigenvalue weighted by Gasteiger charge is -2.34. The van der Waals surface area contributed by atoms with Crippen LogP contribution in [0.25, 0.3) is 0 Å². The molecule has 0 spiro atoms. The molecule has 1 N–H and O–H groups in total. The molecule has 1 unspecified atom stereocenters. The van der Waals surface area contributed by atoms with E-state index in [0.29, 0.717) is 37.6 Å². The van der Waals surface area contributed by atoms with E-state index in [1.165, 1.54) is 11.1 Å². The third-order valence-electron chi connectivity index (χ3n) is 4.98. The topological polar surface area (TPSA) is 60.9 Å². The largest absolute Gasteiger partial charge is 0.392 e. The Morgan fingerprint density at radius 3 is 2.52 bits per heavy atom. The third-order valence-corrected chi connectivity index (χ3v) is 6.87. The Labute approximate surface area is 139 Å². The molecule has 23 heavy (non-hydrogen) atoms. The number of β-amino-alcohol motifs (C(OH)–C–C–N with tert-alkyl or cyclic N) is 1. The molecule has 1 atom stereocenters. The molecule has 1 aliphatic carbocycles. The number of benzene rings is 1. The molecule has 1 heterocycles. The number of hydrogen-bond donors (Lipinski definition) is 1. The van der Waals surface area contributed by atoms with Gasteiger partial charge in [0.05, 0.1) is 11.0 Å². The lowest BCUT2D eigenvalue weighted by atomic mass is 10.1. The highest BCUT2D eigenvalue weighted by Crippen LogP contribution is 2.26. The van der Waals surface area contributed by atoms with Gasteiger partial charge < -0.3 is 5.11 Å². The standard InChI is InChI=1S/C17H26N2O3S/c1-2-16(20)13-18-8-10-19(11-9-18)23(21,22)17-7-6-14-4-3-5-15(14)12-17/h6-7,12,16,20H,2-5,8-11,13H2,1H3. The minimum absolute atomic E-state index is 0.324. The van der Waals surface area contributed by atoms with Gasteiger partial charge in [-0.25, -0.2) is 8.42 Å². The van der Waals surface area contributed by atoms with Crippen molar-refractivity contribution in [3.05, 3.63) is 29.3 Å². The number of aliphatic hydroxyl groups is 1. The molecule has 0 bridgehead atoms. The summed E-state index contributed by atoms with van der Waals surface area (Å²) in [5.41, 5.74) is 2.48. The maximum atomic E-state index is 12.8. The zero-order valence-electron chi connectivity index (χ0n) is 13.7. The summed E-state index contributed by atoms with van der Waals surface area (Å²) in [4.78, 5) is 2.57. The van der Waals surface area contributed by atoms with E-state index in [1.807, 2.05) is 19.1 Å².